The van der Waals surface area contributed by atoms with Crippen LogP contribution in [0.25, 0.3) is 0 Å². The van der Waals surface area contributed by atoms with Crippen LogP contribution in [0, 0.1) is 0 Å². The maximum Gasteiger partial charge on any atom is 0.416 e. The number of hydrazine groups is 1. The van der Waals surface area contributed by atoms with Crippen molar-refractivity contribution in [1.29, 1.82) is 0 Å². The Labute approximate surface area is 105 Å². The molecular weight excluding hydrogens is 265 g/mol. The fourth-order valence-corrected chi connectivity index (χ4v) is 1.18. The molecule has 0 spiro atoms. The summed E-state index contributed by atoms with van der Waals surface area (Å²) in [5.41, 5.74) is -1.16. The molecule has 0 unspecified atom stereocenters. The quantitative estimate of drug-likeness (QED) is 0.379. The molecule has 0 aliphatic heterocycles. The van der Waals surface area contributed by atoms with E-state index in [4.69, 9.17) is 10.9 Å². The van der Waals surface area contributed by atoms with E-state index in [2.05, 4.69) is 0 Å². The van der Waals surface area contributed by atoms with Gasteiger partial charge in [0.25, 0.3) is 5.91 Å². The van der Waals surface area contributed by atoms with Gasteiger partial charge in [-0.15, -0.1) is 0 Å². The van der Waals surface area contributed by atoms with E-state index < -0.39 is 23.6 Å². The summed E-state index contributed by atoms with van der Waals surface area (Å²) >= 11 is 0. The Hall–Kier alpha value is -2.35. The molecule has 0 fully saturated rings. The Kier molecular flexibility index (Phi) is 4.28. The number of carbonyl (C=O) groups is 2. The molecule has 19 heavy (non-hydrogen) atoms. The van der Waals surface area contributed by atoms with Gasteiger partial charge < -0.3 is 5.11 Å². The molecular formula is C11H9F3N2O3. The van der Waals surface area contributed by atoms with Gasteiger partial charge in [-0.2, -0.15) is 13.2 Å². The number of amides is 1. The number of anilines is 1. The monoisotopic (exact) mass is 274 g/mol. The molecule has 1 amide bonds. The summed E-state index contributed by atoms with van der Waals surface area (Å²) in [5.74, 6) is 2.98. The Morgan fingerprint density at radius 1 is 1.26 bits per heavy atom. The molecule has 0 aromatic heterocycles. The lowest BCUT2D eigenvalue weighted by molar-refractivity contribution is -0.137. The Bertz CT molecular complexity index is 526. The Morgan fingerprint density at radius 2 is 1.89 bits per heavy atom. The van der Waals surface area contributed by atoms with Gasteiger partial charge >= 0.3 is 12.1 Å². The van der Waals surface area contributed by atoms with E-state index in [1.54, 1.807) is 0 Å². The number of carbonyl (C=O) groups excluding carboxylic acids is 1. The van der Waals surface area contributed by atoms with Crippen LogP contribution in [0.4, 0.5) is 18.9 Å². The molecule has 0 radical (unpaired) electrons. The molecule has 0 atom stereocenters. The zero-order valence-electron chi connectivity index (χ0n) is 9.39. The minimum Gasteiger partial charge on any atom is -0.478 e. The molecule has 0 aliphatic carbocycles. The number of hydrogen-bond donors (Lipinski definition) is 2. The van der Waals surface area contributed by atoms with Crippen LogP contribution in [0.5, 0.6) is 0 Å². The average Bonchev–Trinajstić information content (AvgIpc) is 2.34. The lowest BCUT2D eigenvalue weighted by atomic mass is 10.2. The van der Waals surface area contributed by atoms with Crippen LogP contribution in [0.1, 0.15) is 5.56 Å². The van der Waals surface area contributed by atoms with Gasteiger partial charge in [0.2, 0.25) is 0 Å². The van der Waals surface area contributed by atoms with Crippen LogP contribution in [-0.2, 0) is 15.8 Å². The maximum absolute atomic E-state index is 12.5. The smallest absolute Gasteiger partial charge is 0.416 e. The summed E-state index contributed by atoms with van der Waals surface area (Å²) in [5, 5.41) is 8.74. The van der Waals surface area contributed by atoms with E-state index in [0.29, 0.717) is 23.2 Å². The van der Waals surface area contributed by atoms with Gasteiger partial charge in [-0.25, -0.2) is 15.6 Å². The second-order valence-corrected chi connectivity index (χ2v) is 3.43. The largest absolute Gasteiger partial charge is 0.478 e. The minimum absolute atomic E-state index is 0.199. The van der Waals surface area contributed by atoms with Crippen molar-refractivity contribution in [2.75, 3.05) is 5.01 Å². The van der Waals surface area contributed by atoms with Crippen molar-refractivity contribution in [1.82, 2.24) is 0 Å². The molecule has 3 N–H and O–H groups in total. The number of nitrogens with zero attached hydrogens (tertiary/aromatic N) is 1. The van der Waals surface area contributed by atoms with Crippen molar-refractivity contribution in [3.05, 3.63) is 42.0 Å². The van der Waals surface area contributed by atoms with E-state index in [9.17, 15) is 22.8 Å². The van der Waals surface area contributed by atoms with Crippen molar-refractivity contribution in [3.63, 3.8) is 0 Å². The zero-order valence-corrected chi connectivity index (χ0v) is 9.39. The molecule has 0 aliphatic rings. The van der Waals surface area contributed by atoms with Crippen molar-refractivity contribution in [3.8, 4) is 0 Å². The number of nitrogens with two attached hydrogens (primary N) is 1. The molecule has 5 nitrogen and oxygen atoms in total. The van der Waals surface area contributed by atoms with Crippen molar-refractivity contribution in [2.45, 2.75) is 6.18 Å². The predicted octanol–water partition coefficient (Wildman–Crippen LogP) is 1.55. The predicted molar refractivity (Wildman–Crippen MR) is 59.9 cm³/mol. The molecule has 102 valence electrons. The first-order valence-electron chi connectivity index (χ1n) is 4.89. The van der Waals surface area contributed by atoms with Gasteiger partial charge in [-0.3, -0.25) is 4.79 Å². The second-order valence-electron chi connectivity index (χ2n) is 3.43. The Balaban J connectivity index is 2.97. The van der Waals surface area contributed by atoms with Crippen molar-refractivity contribution < 1.29 is 27.9 Å². The lowest BCUT2D eigenvalue weighted by Crippen LogP contribution is -2.36. The van der Waals surface area contributed by atoms with Crippen LogP contribution in [0.3, 0.4) is 0 Å². The summed E-state index contributed by atoms with van der Waals surface area (Å²) in [6, 6.07) is 3.80. The van der Waals surface area contributed by atoms with E-state index in [0.717, 1.165) is 12.1 Å². The molecule has 0 saturated heterocycles. The first-order chi connectivity index (χ1) is 8.71. The van der Waals surface area contributed by atoms with Gasteiger partial charge in [0.15, 0.2) is 0 Å². The van der Waals surface area contributed by atoms with E-state index in [1.165, 1.54) is 6.07 Å². The first-order valence-corrected chi connectivity index (χ1v) is 4.89. The fourth-order valence-electron chi connectivity index (χ4n) is 1.18. The van der Waals surface area contributed by atoms with Crippen LogP contribution in [0.2, 0.25) is 0 Å². The van der Waals surface area contributed by atoms with Crippen LogP contribution < -0.4 is 10.9 Å². The molecule has 0 saturated carbocycles. The van der Waals surface area contributed by atoms with Crippen LogP contribution in [0.15, 0.2) is 36.4 Å². The van der Waals surface area contributed by atoms with E-state index >= 15 is 0 Å². The second kappa shape index (κ2) is 5.53. The Morgan fingerprint density at radius 3 is 2.42 bits per heavy atom. The molecule has 8 heteroatoms. The van der Waals surface area contributed by atoms with Crippen molar-refractivity contribution in [2.24, 2.45) is 5.84 Å². The third-order valence-electron chi connectivity index (χ3n) is 2.06. The van der Waals surface area contributed by atoms with Crippen molar-refractivity contribution >= 4 is 17.6 Å². The minimum atomic E-state index is -4.56. The average molecular weight is 274 g/mol. The number of benzene rings is 1. The number of aliphatic carboxylic acids is 1. The summed E-state index contributed by atoms with van der Waals surface area (Å²) < 4.78 is 37.4. The highest BCUT2D eigenvalue weighted by Gasteiger charge is 2.30. The molecule has 0 bridgehead atoms. The number of halogens is 3. The highest BCUT2D eigenvalue weighted by atomic mass is 19.4. The highest BCUT2D eigenvalue weighted by molar-refractivity contribution is 6.03. The topological polar surface area (TPSA) is 83.6 Å². The number of carboxylic acids is 1. The van der Waals surface area contributed by atoms with Gasteiger partial charge in [-0.1, -0.05) is 6.07 Å². The van der Waals surface area contributed by atoms with E-state index in [1.807, 2.05) is 0 Å². The standard InChI is InChI=1S/C11H9F3N2O3/c12-11(13,14)7-2-1-3-8(6-7)16(15)9(17)4-5-10(18)19/h1-6H,15H2,(H,18,19)/b5-4-. The van der Waals surface area contributed by atoms with Gasteiger partial charge in [0, 0.05) is 12.2 Å². The summed E-state index contributed by atoms with van der Waals surface area (Å²) in [4.78, 5) is 21.6. The lowest BCUT2D eigenvalue weighted by Gasteiger charge is -2.16. The third kappa shape index (κ3) is 4.11. The zero-order chi connectivity index (χ0) is 14.6. The fraction of sp³-hybridized carbons (Fsp3) is 0.0909. The normalized spacial score (nSPS) is 11.6. The summed E-state index contributed by atoms with van der Waals surface area (Å²) in [6.07, 6.45) is -3.38. The number of alkyl halides is 3. The van der Waals surface area contributed by atoms with Crippen LogP contribution in [-0.4, -0.2) is 17.0 Å². The van der Waals surface area contributed by atoms with Gasteiger partial charge in [0.1, 0.15) is 0 Å². The summed E-state index contributed by atoms with van der Waals surface area (Å²) in [6.45, 7) is 0. The molecule has 0 heterocycles. The molecule has 1 rings (SSSR count). The summed E-state index contributed by atoms with van der Waals surface area (Å²) in [7, 11) is 0. The maximum atomic E-state index is 12.5. The van der Waals surface area contributed by atoms with Gasteiger partial charge in [-0.05, 0) is 18.2 Å². The third-order valence-corrected chi connectivity index (χ3v) is 2.06. The van der Waals surface area contributed by atoms with Crippen LogP contribution >= 0.6 is 0 Å². The number of carboxylic acid groups (broad SMARTS) is 1. The van der Waals surface area contributed by atoms with E-state index in [-0.39, 0.29) is 5.69 Å². The first kappa shape index (κ1) is 14.7. The SMILES string of the molecule is NN(C(=O)/C=C\C(=O)O)c1cccc(C(F)(F)F)c1. The van der Waals surface area contributed by atoms with Gasteiger partial charge in [0.05, 0.1) is 11.3 Å². The molecule has 1 aromatic carbocycles. The molecule has 1 aromatic rings. The number of rotatable bonds is 3. The number of hydrogen-bond acceptors (Lipinski definition) is 3. The highest BCUT2D eigenvalue weighted by Crippen LogP contribution is 2.31.